The summed E-state index contributed by atoms with van der Waals surface area (Å²) in [4.78, 5) is 12.2. The average molecular weight is 353 g/mol. The number of Topliss-reactive ketones (excluding diaryl/α,β-unsaturated/α-hetero) is 1. The molecule has 0 N–H and O–H groups in total. The van der Waals surface area contributed by atoms with Crippen molar-refractivity contribution in [3.8, 4) is 11.5 Å². The highest BCUT2D eigenvalue weighted by Gasteiger charge is 2.12. The van der Waals surface area contributed by atoms with Crippen LogP contribution in [0.25, 0.3) is 0 Å². The SMILES string of the molecule is COc1ccc(C(=O)Cc2ccc(OC)c(Br)c2)cc1F. The summed E-state index contributed by atoms with van der Waals surface area (Å²) in [6, 6.07) is 9.61. The summed E-state index contributed by atoms with van der Waals surface area (Å²) in [6.07, 6.45) is 0.189. The van der Waals surface area contributed by atoms with Crippen LogP contribution in [0.1, 0.15) is 15.9 Å². The molecule has 0 fully saturated rings. The normalized spacial score (nSPS) is 10.3. The second-order valence-corrected chi connectivity index (χ2v) is 5.27. The first-order valence-corrected chi connectivity index (χ1v) is 7.03. The molecule has 5 heteroatoms. The number of carbonyl (C=O) groups is 1. The van der Waals surface area contributed by atoms with Crippen molar-refractivity contribution in [2.75, 3.05) is 14.2 Å². The lowest BCUT2D eigenvalue weighted by Gasteiger charge is -2.07. The summed E-state index contributed by atoms with van der Waals surface area (Å²) >= 11 is 3.37. The fourth-order valence-corrected chi connectivity index (χ4v) is 2.54. The molecule has 0 saturated carbocycles. The molecule has 0 aliphatic rings. The Kier molecular flexibility index (Phi) is 4.96. The molecule has 0 unspecified atom stereocenters. The maximum absolute atomic E-state index is 13.6. The van der Waals surface area contributed by atoms with Gasteiger partial charge in [0.05, 0.1) is 18.7 Å². The van der Waals surface area contributed by atoms with E-state index in [1.165, 1.54) is 19.2 Å². The molecule has 110 valence electrons. The van der Waals surface area contributed by atoms with Gasteiger partial charge in [0.2, 0.25) is 0 Å². The summed E-state index contributed by atoms with van der Waals surface area (Å²) in [5, 5.41) is 0. The first-order valence-electron chi connectivity index (χ1n) is 6.24. The fourth-order valence-electron chi connectivity index (χ4n) is 1.95. The Labute approximate surface area is 130 Å². The average Bonchev–Trinajstić information content (AvgIpc) is 2.47. The zero-order chi connectivity index (χ0) is 15.4. The molecule has 0 radical (unpaired) electrons. The van der Waals surface area contributed by atoms with Crippen LogP contribution in [0.4, 0.5) is 4.39 Å². The summed E-state index contributed by atoms with van der Waals surface area (Å²) < 4.78 is 24.4. The van der Waals surface area contributed by atoms with Crippen LogP contribution < -0.4 is 9.47 Å². The Balaban J connectivity index is 2.18. The number of ketones is 1. The van der Waals surface area contributed by atoms with Gasteiger partial charge in [-0.1, -0.05) is 6.07 Å². The highest BCUT2D eigenvalue weighted by atomic mass is 79.9. The second kappa shape index (κ2) is 6.72. The number of benzene rings is 2. The molecule has 0 aromatic heterocycles. The molecule has 0 bridgehead atoms. The topological polar surface area (TPSA) is 35.5 Å². The van der Waals surface area contributed by atoms with Crippen LogP contribution >= 0.6 is 15.9 Å². The van der Waals surface area contributed by atoms with Crippen LogP contribution in [0.5, 0.6) is 11.5 Å². The second-order valence-electron chi connectivity index (χ2n) is 4.42. The maximum Gasteiger partial charge on any atom is 0.167 e. The predicted octanol–water partition coefficient (Wildman–Crippen LogP) is 4.03. The van der Waals surface area contributed by atoms with E-state index in [0.29, 0.717) is 11.3 Å². The smallest absolute Gasteiger partial charge is 0.167 e. The number of hydrogen-bond acceptors (Lipinski definition) is 3. The van der Waals surface area contributed by atoms with Crippen LogP contribution in [-0.2, 0) is 6.42 Å². The van der Waals surface area contributed by atoms with Gasteiger partial charge in [0, 0.05) is 12.0 Å². The van der Waals surface area contributed by atoms with E-state index < -0.39 is 5.82 Å². The summed E-state index contributed by atoms with van der Waals surface area (Å²) in [5.74, 6) is 0.119. The molecule has 2 aromatic carbocycles. The van der Waals surface area contributed by atoms with Crippen molar-refractivity contribution in [2.24, 2.45) is 0 Å². The zero-order valence-corrected chi connectivity index (χ0v) is 13.2. The molecule has 0 amide bonds. The van der Waals surface area contributed by atoms with E-state index in [2.05, 4.69) is 15.9 Å². The monoisotopic (exact) mass is 352 g/mol. The van der Waals surface area contributed by atoms with Crippen LogP contribution in [0.3, 0.4) is 0 Å². The van der Waals surface area contributed by atoms with Gasteiger partial charge in [-0.15, -0.1) is 0 Å². The van der Waals surface area contributed by atoms with Crippen LogP contribution in [0.15, 0.2) is 40.9 Å². The van der Waals surface area contributed by atoms with Crippen molar-refractivity contribution >= 4 is 21.7 Å². The van der Waals surface area contributed by atoms with E-state index >= 15 is 0 Å². The van der Waals surface area contributed by atoms with Crippen LogP contribution in [0.2, 0.25) is 0 Å². The molecular formula is C16H14BrFO3. The highest BCUT2D eigenvalue weighted by molar-refractivity contribution is 9.10. The van der Waals surface area contributed by atoms with Gasteiger partial charge in [-0.25, -0.2) is 4.39 Å². The molecule has 0 heterocycles. The van der Waals surface area contributed by atoms with Crippen molar-refractivity contribution in [1.82, 2.24) is 0 Å². The Morgan fingerprint density at radius 2 is 1.76 bits per heavy atom. The number of halogens is 2. The molecule has 0 aliphatic carbocycles. The summed E-state index contributed by atoms with van der Waals surface area (Å²) in [7, 11) is 2.96. The minimum Gasteiger partial charge on any atom is -0.496 e. The molecule has 21 heavy (non-hydrogen) atoms. The third-order valence-corrected chi connectivity index (χ3v) is 3.67. The molecule has 2 rings (SSSR count). The first kappa shape index (κ1) is 15.5. The van der Waals surface area contributed by atoms with Gasteiger partial charge in [0.25, 0.3) is 0 Å². The minimum absolute atomic E-state index is 0.124. The van der Waals surface area contributed by atoms with E-state index in [0.717, 1.165) is 10.0 Å². The van der Waals surface area contributed by atoms with Crippen LogP contribution in [0, 0.1) is 5.82 Å². The number of rotatable bonds is 5. The zero-order valence-electron chi connectivity index (χ0n) is 11.7. The third-order valence-electron chi connectivity index (χ3n) is 3.05. The van der Waals surface area contributed by atoms with E-state index in [1.54, 1.807) is 25.3 Å². The molecule has 0 atom stereocenters. The number of methoxy groups -OCH3 is 2. The third kappa shape index (κ3) is 3.61. The van der Waals surface area contributed by atoms with Gasteiger partial charge in [-0.05, 0) is 51.8 Å². The van der Waals surface area contributed by atoms with E-state index in [-0.39, 0.29) is 18.0 Å². The number of carbonyl (C=O) groups excluding carboxylic acids is 1. The largest absolute Gasteiger partial charge is 0.496 e. The van der Waals surface area contributed by atoms with Gasteiger partial charge >= 0.3 is 0 Å². The fraction of sp³-hybridized carbons (Fsp3) is 0.188. The summed E-state index contributed by atoms with van der Waals surface area (Å²) in [6.45, 7) is 0. The molecule has 2 aromatic rings. The highest BCUT2D eigenvalue weighted by Crippen LogP contribution is 2.26. The van der Waals surface area contributed by atoms with E-state index in [1.807, 2.05) is 6.07 Å². The lowest BCUT2D eigenvalue weighted by atomic mass is 10.0. The van der Waals surface area contributed by atoms with Gasteiger partial charge < -0.3 is 9.47 Å². The van der Waals surface area contributed by atoms with Crippen molar-refractivity contribution < 1.29 is 18.7 Å². The van der Waals surface area contributed by atoms with Gasteiger partial charge in [0.15, 0.2) is 17.3 Å². The Bertz CT molecular complexity index is 671. The Hall–Kier alpha value is -1.88. The molecule has 0 aliphatic heterocycles. The van der Waals surface area contributed by atoms with Gasteiger partial charge in [-0.2, -0.15) is 0 Å². The molecule has 3 nitrogen and oxygen atoms in total. The van der Waals surface area contributed by atoms with Crippen molar-refractivity contribution in [2.45, 2.75) is 6.42 Å². The van der Waals surface area contributed by atoms with Crippen molar-refractivity contribution in [3.63, 3.8) is 0 Å². The molecule has 0 saturated heterocycles. The van der Waals surface area contributed by atoms with Gasteiger partial charge in [0.1, 0.15) is 5.75 Å². The standard InChI is InChI=1S/C16H14BrFO3/c1-20-15-5-3-10(7-12(15)17)8-14(19)11-4-6-16(21-2)13(18)9-11/h3-7,9H,8H2,1-2H3. The first-order chi connectivity index (χ1) is 10.0. The van der Waals surface area contributed by atoms with Crippen molar-refractivity contribution in [1.29, 1.82) is 0 Å². The maximum atomic E-state index is 13.6. The quantitative estimate of drug-likeness (QED) is 0.762. The number of hydrogen-bond donors (Lipinski definition) is 0. The van der Waals surface area contributed by atoms with Crippen LogP contribution in [-0.4, -0.2) is 20.0 Å². The predicted molar refractivity (Wildman–Crippen MR) is 81.7 cm³/mol. The minimum atomic E-state index is -0.542. The Morgan fingerprint density at radius 3 is 2.33 bits per heavy atom. The lowest BCUT2D eigenvalue weighted by molar-refractivity contribution is 0.0992. The lowest BCUT2D eigenvalue weighted by Crippen LogP contribution is -2.04. The van der Waals surface area contributed by atoms with E-state index in [9.17, 15) is 9.18 Å². The molecule has 0 spiro atoms. The summed E-state index contributed by atoms with van der Waals surface area (Å²) in [5.41, 5.74) is 1.14. The Morgan fingerprint density at radius 1 is 1.10 bits per heavy atom. The van der Waals surface area contributed by atoms with Crippen molar-refractivity contribution in [3.05, 3.63) is 57.8 Å². The van der Waals surface area contributed by atoms with E-state index in [4.69, 9.17) is 9.47 Å². The molecular weight excluding hydrogens is 339 g/mol. The number of ether oxygens (including phenoxy) is 2. The van der Waals surface area contributed by atoms with Gasteiger partial charge in [-0.3, -0.25) is 4.79 Å².